The topological polar surface area (TPSA) is 45.0 Å². The molecule has 0 bridgehead atoms. The maximum atomic E-state index is 8.63. The van der Waals surface area contributed by atoms with Crippen LogP contribution in [-0.2, 0) is 4.74 Å². The molecule has 3 nitrogen and oxygen atoms in total. The summed E-state index contributed by atoms with van der Waals surface area (Å²) >= 11 is 0. The number of hydrogen-bond donors (Lipinski definition) is 1. The minimum atomic E-state index is 0.301. The SMILES string of the molecule is C=CCCOCCNCC1(CC#N)CC1. The lowest BCUT2D eigenvalue weighted by molar-refractivity contribution is 0.139. The molecule has 3 heteroatoms. The molecule has 15 heavy (non-hydrogen) atoms. The van der Waals surface area contributed by atoms with Gasteiger partial charge in [0, 0.05) is 19.5 Å². The van der Waals surface area contributed by atoms with Gasteiger partial charge in [-0.2, -0.15) is 5.26 Å². The van der Waals surface area contributed by atoms with Crippen LogP contribution in [0.3, 0.4) is 0 Å². The van der Waals surface area contributed by atoms with E-state index in [2.05, 4.69) is 18.0 Å². The number of ether oxygens (including phenoxy) is 1. The minimum Gasteiger partial charge on any atom is -0.380 e. The number of nitriles is 1. The van der Waals surface area contributed by atoms with Gasteiger partial charge in [-0.25, -0.2) is 0 Å². The second-order valence-electron chi connectivity index (χ2n) is 4.20. The normalized spacial score (nSPS) is 17.0. The summed E-state index contributed by atoms with van der Waals surface area (Å²) < 4.78 is 5.37. The molecule has 1 N–H and O–H groups in total. The van der Waals surface area contributed by atoms with Crippen molar-refractivity contribution in [1.82, 2.24) is 5.32 Å². The Morgan fingerprint density at radius 2 is 2.27 bits per heavy atom. The van der Waals surface area contributed by atoms with Crippen LogP contribution in [0, 0.1) is 16.7 Å². The van der Waals surface area contributed by atoms with E-state index < -0.39 is 0 Å². The summed E-state index contributed by atoms with van der Waals surface area (Å²) in [6.07, 6.45) is 5.87. The first-order valence-electron chi connectivity index (χ1n) is 5.59. The van der Waals surface area contributed by atoms with Crippen molar-refractivity contribution in [2.24, 2.45) is 5.41 Å². The Morgan fingerprint density at radius 1 is 1.47 bits per heavy atom. The second kappa shape index (κ2) is 6.60. The fraction of sp³-hybridized carbons (Fsp3) is 0.750. The van der Waals surface area contributed by atoms with Gasteiger partial charge in [0.25, 0.3) is 0 Å². The Kier molecular flexibility index (Phi) is 5.38. The Hall–Kier alpha value is -0.850. The molecule has 0 spiro atoms. The van der Waals surface area contributed by atoms with Crippen LogP contribution in [0.25, 0.3) is 0 Å². The third-order valence-electron chi connectivity index (χ3n) is 2.80. The molecule has 1 aliphatic carbocycles. The van der Waals surface area contributed by atoms with Crippen molar-refractivity contribution in [2.45, 2.75) is 25.7 Å². The summed E-state index contributed by atoms with van der Waals surface area (Å²) in [6, 6.07) is 2.26. The minimum absolute atomic E-state index is 0.301. The Bertz CT molecular complexity index is 228. The van der Waals surface area contributed by atoms with Gasteiger partial charge < -0.3 is 10.1 Å². The molecule has 0 atom stereocenters. The monoisotopic (exact) mass is 208 g/mol. The van der Waals surface area contributed by atoms with Crippen molar-refractivity contribution in [1.29, 1.82) is 5.26 Å². The number of nitrogens with one attached hydrogen (secondary N) is 1. The van der Waals surface area contributed by atoms with E-state index in [0.29, 0.717) is 11.8 Å². The molecule has 1 aliphatic rings. The predicted molar refractivity (Wildman–Crippen MR) is 60.4 cm³/mol. The zero-order chi connectivity index (χ0) is 11.0. The van der Waals surface area contributed by atoms with Gasteiger partial charge in [-0.3, -0.25) is 0 Å². The standard InChI is InChI=1S/C12H20N2O/c1-2-3-9-15-10-8-14-11-12(4-5-12)6-7-13/h2,14H,1,3-6,8-11H2. The van der Waals surface area contributed by atoms with Gasteiger partial charge in [-0.15, -0.1) is 6.58 Å². The molecule has 0 radical (unpaired) electrons. The van der Waals surface area contributed by atoms with E-state index >= 15 is 0 Å². The van der Waals surface area contributed by atoms with E-state index in [1.807, 2.05) is 6.08 Å². The van der Waals surface area contributed by atoms with Crippen LogP contribution in [-0.4, -0.2) is 26.3 Å². The summed E-state index contributed by atoms with van der Waals surface area (Å²) in [5, 5.41) is 12.0. The van der Waals surface area contributed by atoms with Crippen molar-refractivity contribution < 1.29 is 4.74 Å². The van der Waals surface area contributed by atoms with Gasteiger partial charge in [0.15, 0.2) is 0 Å². The molecule has 1 fully saturated rings. The van der Waals surface area contributed by atoms with E-state index in [9.17, 15) is 0 Å². The largest absolute Gasteiger partial charge is 0.380 e. The highest BCUT2D eigenvalue weighted by molar-refractivity contribution is 5.00. The van der Waals surface area contributed by atoms with Gasteiger partial charge in [-0.1, -0.05) is 6.08 Å². The van der Waals surface area contributed by atoms with Gasteiger partial charge in [0.1, 0.15) is 0 Å². The van der Waals surface area contributed by atoms with Crippen LogP contribution < -0.4 is 5.32 Å². The van der Waals surface area contributed by atoms with Crippen LogP contribution in [0.4, 0.5) is 0 Å². The molecular weight excluding hydrogens is 188 g/mol. The van der Waals surface area contributed by atoms with Crippen LogP contribution in [0.2, 0.25) is 0 Å². The molecule has 84 valence electrons. The summed E-state index contributed by atoms with van der Waals surface area (Å²) in [5.74, 6) is 0. The van der Waals surface area contributed by atoms with E-state index in [1.54, 1.807) is 0 Å². The third-order valence-corrected chi connectivity index (χ3v) is 2.80. The molecule has 0 aromatic rings. The summed E-state index contributed by atoms with van der Waals surface area (Å²) in [7, 11) is 0. The zero-order valence-electron chi connectivity index (χ0n) is 9.30. The molecule has 0 heterocycles. The summed E-state index contributed by atoms with van der Waals surface area (Å²) in [5.41, 5.74) is 0.301. The number of rotatable bonds is 9. The van der Waals surface area contributed by atoms with Crippen LogP contribution in [0.15, 0.2) is 12.7 Å². The Labute approximate surface area is 92.1 Å². The summed E-state index contributed by atoms with van der Waals surface area (Å²) in [6.45, 7) is 6.98. The van der Waals surface area contributed by atoms with E-state index in [0.717, 1.165) is 32.7 Å². The molecule has 1 saturated carbocycles. The first kappa shape index (κ1) is 12.2. The van der Waals surface area contributed by atoms with Crippen LogP contribution in [0.1, 0.15) is 25.7 Å². The predicted octanol–water partition coefficient (Wildman–Crippen LogP) is 1.86. The highest BCUT2D eigenvalue weighted by Gasteiger charge is 2.41. The fourth-order valence-electron chi connectivity index (χ4n) is 1.53. The lowest BCUT2D eigenvalue weighted by atomic mass is 10.0. The quantitative estimate of drug-likeness (QED) is 0.464. The van der Waals surface area contributed by atoms with Gasteiger partial charge in [0.05, 0.1) is 19.3 Å². The van der Waals surface area contributed by atoms with E-state index in [4.69, 9.17) is 10.00 Å². The van der Waals surface area contributed by atoms with Crippen LogP contribution in [0.5, 0.6) is 0 Å². The van der Waals surface area contributed by atoms with Crippen molar-refractivity contribution in [3.63, 3.8) is 0 Å². The maximum absolute atomic E-state index is 8.63. The van der Waals surface area contributed by atoms with Crippen molar-refractivity contribution in [3.05, 3.63) is 12.7 Å². The molecule has 1 rings (SSSR count). The molecule has 0 saturated heterocycles. The zero-order valence-corrected chi connectivity index (χ0v) is 9.30. The fourth-order valence-corrected chi connectivity index (χ4v) is 1.53. The number of nitrogens with zero attached hydrogens (tertiary/aromatic N) is 1. The smallest absolute Gasteiger partial charge is 0.0628 e. The van der Waals surface area contributed by atoms with Crippen molar-refractivity contribution >= 4 is 0 Å². The van der Waals surface area contributed by atoms with E-state index in [-0.39, 0.29) is 0 Å². The van der Waals surface area contributed by atoms with Gasteiger partial charge >= 0.3 is 0 Å². The molecule has 0 aromatic heterocycles. The number of hydrogen-bond acceptors (Lipinski definition) is 3. The lowest BCUT2D eigenvalue weighted by Gasteiger charge is -2.11. The first-order chi connectivity index (χ1) is 7.33. The molecule has 0 aromatic carbocycles. The lowest BCUT2D eigenvalue weighted by Crippen LogP contribution is -2.27. The van der Waals surface area contributed by atoms with E-state index in [1.165, 1.54) is 12.8 Å². The molecular formula is C12H20N2O. The van der Waals surface area contributed by atoms with Crippen molar-refractivity contribution in [2.75, 3.05) is 26.3 Å². The molecule has 0 amide bonds. The highest BCUT2D eigenvalue weighted by Crippen LogP contribution is 2.47. The third kappa shape index (κ3) is 4.96. The Balaban J connectivity index is 1.89. The second-order valence-corrected chi connectivity index (χ2v) is 4.20. The Morgan fingerprint density at radius 3 is 2.87 bits per heavy atom. The van der Waals surface area contributed by atoms with Gasteiger partial charge in [0.2, 0.25) is 0 Å². The highest BCUT2D eigenvalue weighted by atomic mass is 16.5. The summed E-state index contributed by atoms with van der Waals surface area (Å²) in [4.78, 5) is 0. The first-order valence-corrected chi connectivity index (χ1v) is 5.59. The van der Waals surface area contributed by atoms with Gasteiger partial charge in [-0.05, 0) is 24.7 Å². The average Bonchev–Trinajstić information content (AvgIpc) is 2.98. The molecule has 0 unspecified atom stereocenters. The average molecular weight is 208 g/mol. The van der Waals surface area contributed by atoms with Crippen LogP contribution >= 0.6 is 0 Å². The molecule has 0 aliphatic heterocycles. The van der Waals surface area contributed by atoms with Crippen molar-refractivity contribution in [3.8, 4) is 6.07 Å². The maximum Gasteiger partial charge on any atom is 0.0628 e.